The Bertz CT molecular complexity index is 1620. The van der Waals surface area contributed by atoms with E-state index in [-0.39, 0.29) is 42.7 Å². The summed E-state index contributed by atoms with van der Waals surface area (Å²) in [6.45, 7) is -1.44. The maximum Gasteiger partial charge on any atom is 0.416 e. The first-order valence-corrected chi connectivity index (χ1v) is 14.1. The van der Waals surface area contributed by atoms with Gasteiger partial charge in [0.2, 0.25) is 5.91 Å². The van der Waals surface area contributed by atoms with Gasteiger partial charge in [-0.15, -0.1) is 0 Å². The molecule has 9 heteroatoms. The second-order valence-electron chi connectivity index (χ2n) is 11.0. The van der Waals surface area contributed by atoms with Crippen LogP contribution in [0.5, 0.6) is 0 Å². The van der Waals surface area contributed by atoms with Crippen LogP contribution in [0.4, 0.5) is 28.9 Å². The number of benzene rings is 3. The van der Waals surface area contributed by atoms with Crippen molar-refractivity contribution in [2.75, 3.05) is 17.2 Å². The second-order valence-corrected chi connectivity index (χ2v) is 11.0. The van der Waals surface area contributed by atoms with Gasteiger partial charge in [-0.25, -0.2) is 4.39 Å². The van der Waals surface area contributed by atoms with Crippen LogP contribution in [0.1, 0.15) is 82.7 Å². The molecule has 1 saturated heterocycles. The van der Waals surface area contributed by atoms with Crippen LogP contribution >= 0.6 is 0 Å². The molecule has 3 aromatic rings. The molecule has 0 spiro atoms. The summed E-state index contributed by atoms with van der Waals surface area (Å²) in [5, 5.41) is 5.94. The molecule has 0 radical (unpaired) electrons. The standard InChI is InChI=1S/C33H35F4N3O2/c1-20-12-15-25(19-27(20)33(35,36)37)39-31(41)26-10-6-18-40(32(42)29-21(2)7-5-11-28(29)34)30(26)22-13-16-24(17-14-22)38-23-8-3-4-9-23/h5,7,11-17,19,23,26,30,38H,3-4,6,8-10,18H2,1-2H3,(H,39,41)/t26-,30-/m0/s1/i2D3,16D. The number of anilines is 2. The lowest BCUT2D eigenvalue weighted by atomic mass is 9.83. The van der Waals surface area contributed by atoms with E-state index < -0.39 is 59.3 Å². The Morgan fingerprint density at radius 1 is 0.976 bits per heavy atom. The molecule has 0 aromatic heterocycles. The van der Waals surface area contributed by atoms with Crippen LogP contribution in [-0.2, 0) is 11.0 Å². The topological polar surface area (TPSA) is 61.4 Å². The van der Waals surface area contributed by atoms with Gasteiger partial charge < -0.3 is 15.5 Å². The van der Waals surface area contributed by atoms with Gasteiger partial charge in [0.25, 0.3) is 5.91 Å². The monoisotopic (exact) mass is 585 g/mol. The van der Waals surface area contributed by atoms with Crippen LogP contribution in [0.3, 0.4) is 0 Å². The first kappa shape index (κ1) is 24.7. The average molecular weight is 586 g/mol. The van der Waals surface area contributed by atoms with Crippen molar-refractivity contribution in [3.8, 4) is 0 Å². The quantitative estimate of drug-likeness (QED) is 0.288. The molecule has 5 rings (SSSR count). The van der Waals surface area contributed by atoms with Crippen molar-refractivity contribution in [2.24, 2.45) is 5.92 Å². The van der Waals surface area contributed by atoms with E-state index in [0.29, 0.717) is 11.3 Å². The first-order valence-electron chi connectivity index (χ1n) is 16.1. The van der Waals surface area contributed by atoms with Crippen LogP contribution in [-0.4, -0.2) is 29.3 Å². The number of halogens is 4. The van der Waals surface area contributed by atoms with Crippen molar-refractivity contribution in [1.82, 2.24) is 4.90 Å². The summed E-state index contributed by atoms with van der Waals surface area (Å²) in [4.78, 5) is 29.2. The Kier molecular flexibility index (Phi) is 7.15. The number of piperidine rings is 1. The third-order valence-electron chi connectivity index (χ3n) is 8.16. The summed E-state index contributed by atoms with van der Waals surface area (Å²) >= 11 is 0. The summed E-state index contributed by atoms with van der Waals surface area (Å²) in [6.07, 6.45) is -0.0145. The number of hydrogen-bond acceptors (Lipinski definition) is 3. The number of rotatable bonds is 6. The number of nitrogens with zero attached hydrogens (tertiary/aromatic N) is 1. The Morgan fingerprint density at radius 3 is 2.45 bits per heavy atom. The van der Waals surface area contributed by atoms with Gasteiger partial charge in [0.1, 0.15) is 5.82 Å². The lowest BCUT2D eigenvalue weighted by molar-refractivity contribution is -0.138. The van der Waals surface area contributed by atoms with E-state index in [2.05, 4.69) is 10.6 Å². The third kappa shape index (κ3) is 6.30. The van der Waals surface area contributed by atoms with E-state index in [1.54, 1.807) is 12.1 Å². The Morgan fingerprint density at radius 2 is 1.74 bits per heavy atom. The summed E-state index contributed by atoms with van der Waals surface area (Å²) < 4.78 is 88.5. The molecule has 0 bridgehead atoms. The SMILES string of the molecule is [2H]c1cc([C@H]2[C@@H](C(=O)Nc3ccc(C)c(C(F)(F)F)c3)CCCN2C(=O)c2c(F)cccc2C([2H])([2H])[2H])ccc1NC1CCCC1. The Labute approximate surface area is 248 Å². The molecular weight excluding hydrogens is 546 g/mol. The van der Waals surface area contributed by atoms with Crippen LogP contribution in [0.2, 0.25) is 0 Å². The van der Waals surface area contributed by atoms with E-state index in [1.807, 2.05) is 0 Å². The van der Waals surface area contributed by atoms with E-state index in [4.69, 9.17) is 5.48 Å². The van der Waals surface area contributed by atoms with Gasteiger partial charge in [-0.2, -0.15) is 13.2 Å². The molecule has 2 fully saturated rings. The normalized spacial score (nSPS) is 21.2. The number of carbonyl (C=O) groups is 2. The third-order valence-corrected chi connectivity index (χ3v) is 8.16. The minimum Gasteiger partial charge on any atom is -0.382 e. The number of hydrogen-bond donors (Lipinski definition) is 2. The van der Waals surface area contributed by atoms with Gasteiger partial charge >= 0.3 is 6.18 Å². The van der Waals surface area contributed by atoms with Crippen LogP contribution in [0.15, 0.2) is 60.6 Å². The number of aryl methyl sites for hydroxylation is 2. The summed E-state index contributed by atoms with van der Waals surface area (Å²) in [6, 6.07) is 11.0. The second kappa shape index (κ2) is 12.2. The fraction of sp³-hybridized carbons (Fsp3) is 0.394. The van der Waals surface area contributed by atoms with E-state index in [9.17, 15) is 22.8 Å². The average Bonchev–Trinajstić information content (AvgIpc) is 3.50. The van der Waals surface area contributed by atoms with Gasteiger partial charge in [0, 0.05) is 28.1 Å². The van der Waals surface area contributed by atoms with E-state index in [0.717, 1.165) is 43.9 Å². The van der Waals surface area contributed by atoms with Crippen LogP contribution in [0, 0.1) is 25.5 Å². The largest absolute Gasteiger partial charge is 0.416 e. The summed E-state index contributed by atoms with van der Waals surface area (Å²) in [5.74, 6) is -3.63. The molecule has 42 heavy (non-hydrogen) atoms. The van der Waals surface area contributed by atoms with Gasteiger partial charge in [-0.1, -0.05) is 43.2 Å². The zero-order chi connectivity index (χ0) is 33.4. The molecule has 5 nitrogen and oxygen atoms in total. The molecule has 1 heterocycles. The molecule has 1 aliphatic carbocycles. The number of alkyl halides is 3. The molecule has 2 N–H and O–H groups in total. The Hall–Kier alpha value is -3.88. The predicted octanol–water partition coefficient (Wildman–Crippen LogP) is 8.05. The van der Waals surface area contributed by atoms with Crippen molar-refractivity contribution in [3.63, 3.8) is 0 Å². The van der Waals surface area contributed by atoms with Gasteiger partial charge in [-0.05, 0) is 86.5 Å². The maximum atomic E-state index is 15.2. The Balaban J connectivity index is 1.55. The molecule has 1 aliphatic heterocycles. The molecule has 2 aliphatic rings. The van der Waals surface area contributed by atoms with Crippen molar-refractivity contribution in [2.45, 2.75) is 70.6 Å². The highest BCUT2D eigenvalue weighted by atomic mass is 19.4. The zero-order valence-electron chi connectivity index (χ0n) is 27.2. The fourth-order valence-electron chi connectivity index (χ4n) is 6.04. The number of likely N-dealkylation sites (tertiary alicyclic amines) is 1. The fourth-order valence-corrected chi connectivity index (χ4v) is 6.04. The summed E-state index contributed by atoms with van der Waals surface area (Å²) in [5.41, 5.74) is -1.14. The van der Waals surface area contributed by atoms with E-state index in [1.165, 1.54) is 36.1 Å². The molecule has 1 saturated carbocycles. The van der Waals surface area contributed by atoms with Gasteiger partial charge in [0.05, 0.1) is 24.5 Å². The lowest BCUT2D eigenvalue weighted by Gasteiger charge is -2.41. The minimum atomic E-state index is -4.64. The minimum absolute atomic E-state index is 0.0120. The number of nitrogens with one attached hydrogen (secondary N) is 2. The van der Waals surface area contributed by atoms with Crippen molar-refractivity contribution < 1.29 is 32.6 Å². The molecular formula is C33H35F4N3O2. The van der Waals surface area contributed by atoms with E-state index >= 15 is 4.39 Å². The first-order chi connectivity index (χ1) is 21.6. The van der Waals surface area contributed by atoms with Gasteiger partial charge in [-0.3, -0.25) is 9.59 Å². The van der Waals surface area contributed by atoms with Crippen molar-refractivity contribution in [3.05, 3.63) is 94.3 Å². The van der Waals surface area contributed by atoms with Crippen molar-refractivity contribution in [1.29, 1.82) is 0 Å². The highest BCUT2D eigenvalue weighted by Gasteiger charge is 2.41. The number of amides is 2. The number of carbonyl (C=O) groups excluding carboxylic acids is 2. The maximum absolute atomic E-state index is 15.2. The summed E-state index contributed by atoms with van der Waals surface area (Å²) in [7, 11) is 0. The lowest BCUT2D eigenvalue weighted by Crippen LogP contribution is -2.46. The molecule has 0 unspecified atom stereocenters. The van der Waals surface area contributed by atoms with Crippen molar-refractivity contribution >= 4 is 23.2 Å². The molecule has 2 atom stereocenters. The molecule has 2 amide bonds. The van der Waals surface area contributed by atoms with Gasteiger partial charge in [0.15, 0.2) is 0 Å². The zero-order valence-corrected chi connectivity index (χ0v) is 23.2. The predicted molar refractivity (Wildman–Crippen MR) is 155 cm³/mol. The molecule has 3 aromatic carbocycles. The van der Waals surface area contributed by atoms with Crippen LogP contribution < -0.4 is 10.6 Å². The highest BCUT2D eigenvalue weighted by Crippen LogP contribution is 2.40. The molecule has 222 valence electrons. The van der Waals surface area contributed by atoms with Crippen LogP contribution in [0.25, 0.3) is 0 Å². The smallest absolute Gasteiger partial charge is 0.382 e. The highest BCUT2D eigenvalue weighted by molar-refractivity contribution is 5.98.